The Balaban J connectivity index is 1.98. The third kappa shape index (κ3) is 6.06. The van der Waals surface area contributed by atoms with Crippen LogP contribution in [0.15, 0.2) is 48.5 Å². The van der Waals surface area contributed by atoms with Crippen LogP contribution in [0.2, 0.25) is 5.02 Å². The van der Waals surface area contributed by atoms with Crippen LogP contribution >= 0.6 is 11.6 Å². The molecular weight excluding hydrogens is 356 g/mol. The molecule has 26 heavy (non-hydrogen) atoms. The number of aliphatic hydroxyl groups excluding tert-OH is 1. The first-order chi connectivity index (χ1) is 12.5. The summed E-state index contributed by atoms with van der Waals surface area (Å²) in [6.45, 7) is 1.07. The van der Waals surface area contributed by atoms with Crippen LogP contribution in [0, 0.1) is 0 Å². The van der Waals surface area contributed by atoms with Gasteiger partial charge in [-0.2, -0.15) is 0 Å². The van der Waals surface area contributed by atoms with Gasteiger partial charge in [0.2, 0.25) is 0 Å². The number of carbonyl (C=O) groups is 2. The van der Waals surface area contributed by atoms with Gasteiger partial charge in [0.15, 0.2) is 0 Å². The molecule has 2 rings (SSSR count). The summed E-state index contributed by atoms with van der Waals surface area (Å²) in [4.78, 5) is 25.0. The van der Waals surface area contributed by atoms with Gasteiger partial charge in [0, 0.05) is 31.3 Å². The van der Waals surface area contributed by atoms with E-state index in [9.17, 15) is 9.59 Å². The fourth-order valence-corrected chi connectivity index (χ4v) is 2.64. The van der Waals surface area contributed by atoms with Crippen molar-refractivity contribution in [1.29, 1.82) is 0 Å². The van der Waals surface area contributed by atoms with E-state index in [1.165, 1.54) is 12.1 Å². The zero-order chi connectivity index (χ0) is 18.9. The number of urea groups is 1. The zero-order valence-corrected chi connectivity index (χ0v) is 14.9. The van der Waals surface area contributed by atoms with Gasteiger partial charge in [-0.25, -0.2) is 9.59 Å². The van der Waals surface area contributed by atoms with Crippen LogP contribution in [0.25, 0.3) is 0 Å². The van der Waals surface area contributed by atoms with Gasteiger partial charge in [0.05, 0.1) is 5.56 Å². The van der Waals surface area contributed by atoms with Crippen LogP contribution in [0.1, 0.15) is 27.9 Å². The molecule has 3 N–H and O–H groups in total. The quantitative estimate of drug-likeness (QED) is 0.660. The molecular formula is C19H21ClN2O4. The molecule has 0 fully saturated rings. The van der Waals surface area contributed by atoms with E-state index >= 15 is 0 Å². The van der Waals surface area contributed by atoms with Crippen LogP contribution in [0.4, 0.5) is 4.79 Å². The third-order valence-electron chi connectivity index (χ3n) is 3.78. The molecule has 0 atom stereocenters. The van der Waals surface area contributed by atoms with Gasteiger partial charge in [-0.05, 0) is 41.8 Å². The van der Waals surface area contributed by atoms with Crippen molar-refractivity contribution >= 4 is 23.6 Å². The molecule has 0 unspecified atom stereocenters. The molecule has 0 aromatic heterocycles. The van der Waals surface area contributed by atoms with Crippen LogP contribution < -0.4 is 5.32 Å². The van der Waals surface area contributed by atoms with Gasteiger partial charge >= 0.3 is 12.0 Å². The van der Waals surface area contributed by atoms with E-state index in [0.717, 1.165) is 11.1 Å². The highest BCUT2D eigenvalue weighted by Gasteiger charge is 2.14. The number of nitrogens with one attached hydrogen (secondary N) is 1. The number of rotatable bonds is 8. The second-order valence-electron chi connectivity index (χ2n) is 5.79. The monoisotopic (exact) mass is 376 g/mol. The maximum absolute atomic E-state index is 12.5. The molecule has 2 aromatic carbocycles. The lowest BCUT2D eigenvalue weighted by Gasteiger charge is -2.23. The van der Waals surface area contributed by atoms with Crippen LogP contribution in [-0.4, -0.2) is 40.3 Å². The predicted molar refractivity (Wildman–Crippen MR) is 99.2 cm³/mol. The van der Waals surface area contributed by atoms with Gasteiger partial charge in [-0.15, -0.1) is 0 Å². The van der Waals surface area contributed by atoms with Crippen molar-refractivity contribution in [2.75, 3.05) is 13.2 Å². The Morgan fingerprint density at radius 1 is 1.08 bits per heavy atom. The number of hydrogen-bond acceptors (Lipinski definition) is 3. The molecule has 0 radical (unpaired) electrons. The minimum Gasteiger partial charge on any atom is -0.478 e. The largest absolute Gasteiger partial charge is 0.478 e. The smallest absolute Gasteiger partial charge is 0.335 e. The maximum Gasteiger partial charge on any atom is 0.335 e. The van der Waals surface area contributed by atoms with E-state index in [2.05, 4.69) is 5.32 Å². The second-order valence-corrected chi connectivity index (χ2v) is 6.23. The molecule has 0 heterocycles. The first-order valence-corrected chi connectivity index (χ1v) is 8.57. The summed E-state index contributed by atoms with van der Waals surface area (Å²) in [5, 5.41) is 21.4. The van der Waals surface area contributed by atoms with Crippen molar-refractivity contribution in [3.63, 3.8) is 0 Å². The fourth-order valence-electron chi connectivity index (χ4n) is 2.42. The first kappa shape index (κ1) is 19.8. The predicted octanol–water partition coefficient (Wildman–Crippen LogP) is 3.13. The number of hydrogen-bond donors (Lipinski definition) is 3. The van der Waals surface area contributed by atoms with Crippen molar-refractivity contribution in [3.8, 4) is 0 Å². The minimum absolute atomic E-state index is 0.00399. The number of amides is 2. The van der Waals surface area contributed by atoms with Crippen LogP contribution in [0.3, 0.4) is 0 Å². The molecule has 0 aliphatic rings. The van der Waals surface area contributed by atoms with Crippen molar-refractivity contribution < 1.29 is 19.8 Å². The molecule has 0 saturated heterocycles. The Morgan fingerprint density at radius 3 is 2.42 bits per heavy atom. The van der Waals surface area contributed by atoms with E-state index in [-0.39, 0.29) is 24.7 Å². The molecule has 0 bridgehead atoms. The van der Waals surface area contributed by atoms with E-state index < -0.39 is 5.97 Å². The topological polar surface area (TPSA) is 89.9 Å². The maximum atomic E-state index is 12.5. The Morgan fingerprint density at radius 2 is 1.81 bits per heavy atom. The summed E-state index contributed by atoms with van der Waals surface area (Å²) < 4.78 is 0. The molecule has 7 heteroatoms. The lowest BCUT2D eigenvalue weighted by molar-refractivity contribution is 0.0697. The number of aromatic carboxylic acids is 1. The van der Waals surface area contributed by atoms with E-state index in [0.29, 0.717) is 24.5 Å². The highest BCUT2D eigenvalue weighted by molar-refractivity contribution is 6.30. The van der Waals surface area contributed by atoms with Crippen molar-refractivity contribution in [2.24, 2.45) is 0 Å². The number of nitrogens with zero attached hydrogens (tertiary/aromatic N) is 1. The number of benzene rings is 2. The lowest BCUT2D eigenvalue weighted by atomic mass is 10.1. The summed E-state index contributed by atoms with van der Waals surface area (Å²) in [7, 11) is 0. The molecule has 0 spiro atoms. The van der Waals surface area contributed by atoms with E-state index in [4.69, 9.17) is 21.8 Å². The van der Waals surface area contributed by atoms with Crippen LogP contribution in [-0.2, 0) is 13.1 Å². The van der Waals surface area contributed by atoms with Gasteiger partial charge in [-0.3, -0.25) is 0 Å². The van der Waals surface area contributed by atoms with Gasteiger partial charge in [0.1, 0.15) is 0 Å². The number of halogens is 1. The Hall–Kier alpha value is -2.57. The third-order valence-corrected chi connectivity index (χ3v) is 4.02. The van der Waals surface area contributed by atoms with Crippen molar-refractivity contribution in [3.05, 3.63) is 70.2 Å². The van der Waals surface area contributed by atoms with E-state index in [1.54, 1.807) is 29.2 Å². The highest BCUT2D eigenvalue weighted by Crippen LogP contribution is 2.13. The Kier molecular flexibility index (Phi) is 7.44. The Bertz CT molecular complexity index is 749. The number of carbonyl (C=O) groups excluding carboxylic acids is 1. The van der Waals surface area contributed by atoms with Crippen molar-refractivity contribution in [2.45, 2.75) is 19.5 Å². The average Bonchev–Trinajstić information content (AvgIpc) is 2.63. The van der Waals surface area contributed by atoms with Gasteiger partial charge in [-0.1, -0.05) is 35.9 Å². The molecule has 0 saturated carbocycles. The summed E-state index contributed by atoms with van der Waals surface area (Å²) in [5.74, 6) is -0.989. The van der Waals surface area contributed by atoms with Crippen molar-refractivity contribution in [1.82, 2.24) is 10.2 Å². The van der Waals surface area contributed by atoms with Gasteiger partial charge in [0.25, 0.3) is 0 Å². The van der Waals surface area contributed by atoms with Gasteiger partial charge < -0.3 is 20.4 Å². The first-order valence-electron chi connectivity index (χ1n) is 8.20. The summed E-state index contributed by atoms with van der Waals surface area (Å²) in [6, 6.07) is 13.3. The normalized spacial score (nSPS) is 10.4. The lowest BCUT2D eigenvalue weighted by Crippen LogP contribution is -2.40. The molecule has 2 amide bonds. The summed E-state index contributed by atoms with van der Waals surface area (Å²) in [6.07, 6.45) is 0.474. The number of carboxylic acid groups (broad SMARTS) is 1. The summed E-state index contributed by atoms with van der Waals surface area (Å²) in [5.41, 5.74) is 1.90. The standard InChI is InChI=1S/C19H21ClN2O4/c20-17-4-1-3-15(11-17)13-22(9-2-10-23)19(26)21-12-14-5-7-16(8-6-14)18(24)25/h1,3-8,11,23H,2,9-10,12-13H2,(H,21,26)(H,24,25). The summed E-state index contributed by atoms with van der Waals surface area (Å²) >= 11 is 5.99. The number of carboxylic acids is 1. The molecule has 6 nitrogen and oxygen atoms in total. The molecule has 0 aliphatic heterocycles. The molecule has 2 aromatic rings. The second kappa shape index (κ2) is 9.79. The van der Waals surface area contributed by atoms with Crippen LogP contribution in [0.5, 0.6) is 0 Å². The zero-order valence-electron chi connectivity index (χ0n) is 14.2. The number of aliphatic hydroxyl groups is 1. The Labute approximate surface area is 157 Å². The average molecular weight is 377 g/mol. The molecule has 0 aliphatic carbocycles. The minimum atomic E-state index is -0.989. The fraction of sp³-hybridized carbons (Fsp3) is 0.263. The highest BCUT2D eigenvalue weighted by atomic mass is 35.5. The SMILES string of the molecule is O=C(O)c1ccc(CNC(=O)N(CCCO)Cc2cccc(Cl)c2)cc1. The van der Waals surface area contributed by atoms with E-state index in [1.807, 2.05) is 12.1 Å². The molecule has 138 valence electrons.